The average molecular weight is 454 g/mol. The predicted molar refractivity (Wildman–Crippen MR) is 125 cm³/mol. The van der Waals surface area contributed by atoms with E-state index in [1.807, 2.05) is 37.5 Å². The standard InChI is InChI=1S/C23H27N5O3S/c1-5-28-20(13-24-22(30)17-6-8-19(31-4)9-7-17)26-27-23(28)32-14-21(29)25-18-11-15(2)10-16(3)12-18/h6-12H,5,13-14H2,1-4H3,(H,24,30)(H,25,29). The number of aryl methyl sites for hydroxylation is 2. The van der Waals surface area contributed by atoms with Crippen LogP contribution < -0.4 is 15.4 Å². The Morgan fingerprint density at radius 3 is 2.38 bits per heavy atom. The summed E-state index contributed by atoms with van der Waals surface area (Å²) in [6.45, 7) is 6.83. The second kappa shape index (κ2) is 10.8. The monoisotopic (exact) mass is 453 g/mol. The molecule has 0 saturated carbocycles. The average Bonchev–Trinajstić information content (AvgIpc) is 3.17. The van der Waals surface area contributed by atoms with Crippen LogP contribution in [0.5, 0.6) is 5.75 Å². The van der Waals surface area contributed by atoms with Crippen molar-refractivity contribution < 1.29 is 14.3 Å². The quantitative estimate of drug-likeness (QED) is 0.481. The van der Waals surface area contributed by atoms with Crippen LogP contribution >= 0.6 is 11.8 Å². The minimum atomic E-state index is -0.208. The summed E-state index contributed by atoms with van der Waals surface area (Å²) in [4.78, 5) is 24.8. The number of thioether (sulfide) groups is 1. The molecule has 0 aliphatic rings. The number of anilines is 1. The maximum absolute atomic E-state index is 12.4. The molecule has 168 valence electrons. The number of hydrogen-bond acceptors (Lipinski definition) is 6. The SMILES string of the molecule is CCn1c(CNC(=O)c2ccc(OC)cc2)nnc1SCC(=O)Nc1cc(C)cc(C)c1. The number of methoxy groups -OCH3 is 1. The van der Waals surface area contributed by atoms with E-state index in [1.165, 1.54) is 11.8 Å². The third kappa shape index (κ3) is 6.10. The van der Waals surface area contributed by atoms with Crippen LogP contribution in [0, 0.1) is 13.8 Å². The molecule has 0 spiro atoms. The van der Waals surface area contributed by atoms with Gasteiger partial charge >= 0.3 is 0 Å². The highest BCUT2D eigenvalue weighted by Crippen LogP contribution is 2.19. The van der Waals surface area contributed by atoms with E-state index < -0.39 is 0 Å². The van der Waals surface area contributed by atoms with Crippen molar-refractivity contribution in [1.29, 1.82) is 0 Å². The van der Waals surface area contributed by atoms with E-state index in [0.29, 0.717) is 28.8 Å². The lowest BCUT2D eigenvalue weighted by molar-refractivity contribution is -0.113. The van der Waals surface area contributed by atoms with E-state index in [2.05, 4.69) is 26.9 Å². The van der Waals surface area contributed by atoms with Gasteiger partial charge in [0, 0.05) is 17.8 Å². The molecule has 0 bridgehead atoms. The van der Waals surface area contributed by atoms with Crippen LogP contribution in [0.15, 0.2) is 47.6 Å². The van der Waals surface area contributed by atoms with Crippen molar-refractivity contribution in [3.63, 3.8) is 0 Å². The molecular formula is C23H27N5O3S. The number of rotatable bonds is 9. The Bertz CT molecular complexity index is 1080. The molecular weight excluding hydrogens is 426 g/mol. The maximum Gasteiger partial charge on any atom is 0.251 e. The molecule has 0 unspecified atom stereocenters. The first-order chi connectivity index (χ1) is 15.4. The minimum absolute atomic E-state index is 0.111. The summed E-state index contributed by atoms with van der Waals surface area (Å²) < 4.78 is 7.00. The Labute approximate surface area is 191 Å². The lowest BCUT2D eigenvalue weighted by Gasteiger charge is -2.09. The van der Waals surface area contributed by atoms with Crippen molar-refractivity contribution in [1.82, 2.24) is 20.1 Å². The van der Waals surface area contributed by atoms with Crippen LogP contribution in [0.2, 0.25) is 0 Å². The van der Waals surface area contributed by atoms with Crippen molar-refractivity contribution in [2.24, 2.45) is 0 Å². The Morgan fingerprint density at radius 1 is 1.06 bits per heavy atom. The van der Waals surface area contributed by atoms with Crippen LogP contribution in [-0.4, -0.2) is 39.4 Å². The number of nitrogens with zero attached hydrogens (tertiary/aromatic N) is 3. The summed E-state index contributed by atoms with van der Waals surface area (Å²) in [6.07, 6.45) is 0. The van der Waals surface area contributed by atoms with E-state index in [1.54, 1.807) is 31.4 Å². The van der Waals surface area contributed by atoms with Crippen molar-refractivity contribution in [2.45, 2.75) is 39.0 Å². The molecule has 9 heteroatoms. The summed E-state index contributed by atoms with van der Waals surface area (Å²) in [6, 6.07) is 12.8. The molecule has 1 heterocycles. The van der Waals surface area contributed by atoms with E-state index in [0.717, 1.165) is 16.8 Å². The van der Waals surface area contributed by atoms with E-state index >= 15 is 0 Å². The molecule has 0 radical (unpaired) electrons. The van der Waals surface area contributed by atoms with Gasteiger partial charge in [0.1, 0.15) is 5.75 Å². The summed E-state index contributed by atoms with van der Waals surface area (Å²) >= 11 is 1.31. The zero-order chi connectivity index (χ0) is 23.1. The lowest BCUT2D eigenvalue weighted by Crippen LogP contribution is -2.24. The zero-order valence-corrected chi connectivity index (χ0v) is 19.5. The van der Waals surface area contributed by atoms with Gasteiger partial charge < -0.3 is 19.9 Å². The summed E-state index contributed by atoms with van der Waals surface area (Å²) in [5, 5.41) is 14.8. The predicted octanol–water partition coefficient (Wildman–Crippen LogP) is 3.58. The maximum atomic E-state index is 12.4. The van der Waals surface area contributed by atoms with Crippen LogP contribution in [0.3, 0.4) is 0 Å². The molecule has 1 aromatic heterocycles. The third-order valence-corrected chi connectivity index (χ3v) is 5.67. The number of hydrogen-bond donors (Lipinski definition) is 2. The highest BCUT2D eigenvalue weighted by molar-refractivity contribution is 7.99. The van der Waals surface area contributed by atoms with Gasteiger partial charge in [-0.1, -0.05) is 17.8 Å². The second-order valence-electron chi connectivity index (χ2n) is 7.27. The normalized spacial score (nSPS) is 10.6. The van der Waals surface area contributed by atoms with Gasteiger partial charge in [0.15, 0.2) is 11.0 Å². The first-order valence-corrected chi connectivity index (χ1v) is 11.2. The fourth-order valence-corrected chi connectivity index (χ4v) is 4.07. The van der Waals surface area contributed by atoms with E-state index in [9.17, 15) is 9.59 Å². The van der Waals surface area contributed by atoms with Gasteiger partial charge in [-0.2, -0.15) is 0 Å². The van der Waals surface area contributed by atoms with Gasteiger partial charge in [0.25, 0.3) is 5.91 Å². The molecule has 8 nitrogen and oxygen atoms in total. The summed E-state index contributed by atoms with van der Waals surface area (Å²) in [5.41, 5.74) is 3.51. The van der Waals surface area contributed by atoms with Gasteiger partial charge in [0.2, 0.25) is 5.91 Å². The van der Waals surface area contributed by atoms with E-state index in [-0.39, 0.29) is 24.1 Å². The molecule has 0 saturated heterocycles. The lowest BCUT2D eigenvalue weighted by atomic mass is 10.1. The molecule has 2 amide bonds. The molecule has 32 heavy (non-hydrogen) atoms. The summed E-state index contributed by atoms with van der Waals surface area (Å²) in [5.74, 6) is 1.21. The second-order valence-corrected chi connectivity index (χ2v) is 8.21. The Morgan fingerprint density at radius 2 is 1.75 bits per heavy atom. The Hall–Kier alpha value is -3.33. The molecule has 2 N–H and O–H groups in total. The molecule has 0 aliphatic heterocycles. The molecule has 0 fully saturated rings. The van der Waals surface area contributed by atoms with E-state index in [4.69, 9.17) is 4.74 Å². The molecule has 0 aliphatic carbocycles. The zero-order valence-electron chi connectivity index (χ0n) is 18.6. The first-order valence-electron chi connectivity index (χ1n) is 10.2. The number of nitrogens with one attached hydrogen (secondary N) is 2. The van der Waals surface area contributed by atoms with Crippen LogP contribution in [0.4, 0.5) is 5.69 Å². The topological polar surface area (TPSA) is 98.1 Å². The van der Waals surface area contributed by atoms with Crippen molar-refractivity contribution >= 4 is 29.3 Å². The molecule has 3 aromatic rings. The number of carbonyl (C=O) groups is 2. The number of benzene rings is 2. The fourth-order valence-electron chi connectivity index (χ4n) is 3.25. The van der Waals surface area contributed by atoms with Crippen molar-refractivity contribution in [3.8, 4) is 5.75 Å². The number of amides is 2. The first kappa shape index (κ1) is 23.3. The third-order valence-electron chi connectivity index (χ3n) is 4.71. The number of carbonyl (C=O) groups excluding carboxylic acids is 2. The van der Waals surface area contributed by atoms with Crippen LogP contribution in [0.1, 0.15) is 34.2 Å². The van der Waals surface area contributed by atoms with Crippen LogP contribution in [0.25, 0.3) is 0 Å². The number of aromatic nitrogens is 3. The molecule has 2 aromatic carbocycles. The Kier molecular flexibility index (Phi) is 7.88. The van der Waals surface area contributed by atoms with Crippen molar-refractivity contribution in [2.75, 3.05) is 18.2 Å². The number of ether oxygens (including phenoxy) is 1. The highest BCUT2D eigenvalue weighted by Gasteiger charge is 2.15. The minimum Gasteiger partial charge on any atom is -0.497 e. The molecule has 3 rings (SSSR count). The highest BCUT2D eigenvalue weighted by atomic mass is 32.2. The summed E-state index contributed by atoms with van der Waals surface area (Å²) in [7, 11) is 1.58. The van der Waals surface area contributed by atoms with Gasteiger partial charge in [-0.05, 0) is 68.3 Å². The smallest absolute Gasteiger partial charge is 0.251 e. The van der Waals surface area contributed by atoms with Gasteiger partial charge in [-0.25, -0.2) is 0 Å². The fraction of sp³-hybridized carbons (Fsp3) is 0.304. The van der Waals surface area contributed by atoms with Gasteiger partial charge in [0.05, 0.1) is 19.4 Å². The largest absolute Gasteiger partial charge is 0.497 e. The van der Waals surface area contributed by atoms with Gasteiger partial charge in [-0.3, -0.25) is 9.59 Å². The van der Waals surface area contributed by atoms with Crippen molar-refractivity contribution in [3.05, 3.63) is 65.0 Å². The van der Waals surface area contributed by atoms with Crippen LogP contribution in [-0.2, 0) is 17.9 Å². The molecule has 0 atom stereocenters. The Balaban J connectivity index is 1.56. The van der Waals surface area contributed by atoms with Gasteiger partial charge in [-0.15, -0.1) is 10.2 Å².